The van der Waals surface area contributed by atoms with Gasteiger partial charge in [0.25, 0.3) is 0 Å². The minimum atomic E-state index is -0.193. The number of carbonyl (C=O) groups is 1. The predicted molar refractivity (Wildman–Crippen MR) is 74.5 cm³/mol. The minimum absolute atomic E-state index is 0.0781. The topological polar surface area (TPSA) is 65.2 Å². The van der Waals surface area contributed by atoms with E-state index in [1.54, 1.807) is 18.3 Å². The number of rotatable bonds is 3. The molecule has 0 amide bonds. The minimum Gasteiger partial charge on any atom is -0.462 e. The van der Waals surface area contributed by atoms with Gasteiger partial charge in [0.2, 0.25) is 0 Å². The molecule has 1 aromatic heterocycles. The van der Waals surface area contributed by atoms with Crippen LogP contribution >= 0.6 is 0 Å². The van der Waals surface area contributed by atoms with Crippen molar-refractivity contribution in [3.8, 4) is 0 Å². The van der Waals surface area contributed by atoms with Gasteiger partial charge in [0.05, 0.1) is 24.0 Å². The Morgan fingerprint density at radius 2 is 2.11 bits per heavy atom. The normalized spacial score (nSPS) is 19.1. The Morgan fingerprint density at radius 1 is 1.42 bits per heavy atom. The highest BCUT2D eigenvalue weighted by Crippen LogP contribution is 2.36. The molecule has 1 saturated carbocycles. The molecule has 0 bridgehead atoms. The monoisotopic (exact) mass is 262 g/mol. The highest BCUT2D eigenvalue weighted by Gasteiger charge is 2.28. The maximum Gasteiger partial charge on any atom is 0.312 e. The molecule has 0 spiro atoms. The number of hydrogen-bond acceptors (Lipinski definition) is 4. The van der Waals surface area contributed by atoms with Crippen LogP contribution in [0.4, 0.5) is 5.69 Å². The van der Waals surface area contributed by atoms with E-state index in [0.717, 1.165) is 25.7 Å². The number of ether oxygens (including phenoxy) is 1. The Balaban J connectivity index is 1.80. The van der Waals surface area contributed by atoms with Gasteiger partial charge < -0.3 is 10.5 Å². The van der Waals surface area contributed by atoms with E-state index in [9.17, 15) is 4.79 Å². The van der Waals surface area contributed by atoms with Crippen molar-refractivity contribution in [3.05, 3.63) is 24.0 Å². The van der Waals surface area contributed by atoms with Crippen molar-refractivity contribution in [3.63, 3.8) is 0 Å². The molecular weight excluding hydrogens is 240 g/mol. The summed E-state index contributed by atoms with van der Waals surface area (Å²) >= 11 is 0. The van der Waals surface area contributed by atoms with Crippen LogP contribution < -0.4 is 5.73 Å². The Kier molecular flexibility index (Phi) is 4.08. The first-order valence-corrected chi connectivity index (χ1v) is 6.84. The molecule has 2 rings (SSSR count). The summed E-state index contributed by atoms with van der Waals surface area (Å²) in [5.41, 5.74) is 7.25. The van der Waals surface area contributed by atoms with Crippen LogP contribution in [0.3, 0.4) is 0 Å². The molecule has 4 heteroatoms. The molecule has 0 saturated heterocycles. The summed E-state index contributed by atoms with van der Waals surface area (Å²) in [7, 11) is 0. The molecular formula is C15H22N2O2. The number of esters is 1. The SMILES string of the molecule is CC1(C)CCC(OC(=O)Cc2ccc(N)cn2)CC1. The number of anilines is 1. The number of nitrogens with zero attached hydrogens (tertiary/aromatic N) is 1. The van der Waals surface area contributed by atoms with Crippen molar-refractivity contribution in [2.45, 2.75) is 52.1 Å². The van der Waals surface area contributed by atoms with Crippen molar-refractivity contribution < 1.29 is 9.53 Å². The van der Waals surface area contributed by atoms with Gasteiger partial charge in [0.1, 0.15) is 6.10 Å². The molecule has 0 aliphatic heterocycles. The fourth-order valence-electron chi connectivity index (χ4n) is 2.41. The first-order valence-electron chi connectivity index (χ1n) is 6.84. The maximum atomic E-state index is 11.8. The smallest absolute Gasteiger partial charge is 0.312 e. The molecule has 1 aromatic rings. The van der Waals surface area contributed by atoms with Crippen molar-refractivity contribution in [2.75, 3.05) is 5.73 Å². The van der Waals surface area contributed by atoms with Gasteiger partial charge in [-0.1, -0.05) is 13.8 Å². The summed E-state index contributed by atoms with van der Waals surface area (Å²) in [6.45, 7) is 4.53. The fourth-order valence-corrected chi connectivity index (χ4v) is 2.41. The molecule has 2 N–H and O–H groups in total. The lowest BCUT2D eigenvalue weighted by atomic mass is 9.76. The van der Waals surface area contributed by atoms with E-state index in [1.165, 1.54) is 0 Å². The van der Waals surface area contributed by atoms with Crippen LogP contribution in [0.1, 0.15) is 45.2 Å². The zero-order valence-electron chi connectivity index (χ0n) is 11.7. The van der Waals surface area contributed by atoms with Crippen molar-refractivity contribution in [1.82, 2.24) is 4.98 Å². The standard InChI is InChI=1S/C15H22N2O2/c1-15(2)7-5-13(6-8-15)19-14(18)9-12-4-3-11(16)10-17-12/h3-4,10,13H,5-9,16H2,1-2H3. The highest BCUT2D eigenvalue weighted by molar-refractivity contribution is 5.72. The average Bonchev–Trinajstić information content (AvgIpc) is 2.35. The van der Waals surface area contributed by atoms with Gasteiger partial charge in [0, 0.05) is 0 Å². The zero-order chi connectivity index (χ0) is 13.9. The summed E-state index contributed by atoms with van der Waals surface area (Å²) in [6.07, 6.45) is 6.03. The average molecular weight is 262 g/mol. The van der Waals surface area contributed by atoms with Crippen LogP contribution in [0.2, 0.25) is 0 Å². The second-order valence-electron chi connectivity index (χ2n) is 6.11. The van der Waals surface area contributed by atoms with Crippen LogP contribution in [0.25, 0.3) is 0 Å². The second kappa shape index (κ2) is 5.59. The summed E-state index contributed by atoms with van der Waals surface area (Å²) in [4.78, 5) is 15.9. The van der Waals surface area contributed by atoms with E-state index in [0.29, 0.717) is 16.8 Å². The Labute approximate surface area is 114 Å². The number of pyridine rings is 1. The summed E-state index contributed by atoms with van der Waals surface area (Å²) in [6, 6.07) is 3.51. The third-order valence-electron chi connectivity index (χ3n) is 3.76. The highest BCUT2D eigenvalue weighted by atomic mass is 16.5. The van der Waals surface area contributed by atoms with Crippen molar-refractivity contribution in [2.24, 2.45) is 5.41 Å². The number of aromatic nitrogens is 1. The Bertz CT molecular complexity index is 430. The first kappa shape index (κ1) is 13.8. The number of nitrogen functional groups attached to an aromatic ring is 1. The molecule has 1 fully saturated rings. The molecule has 1 aliphatic rings. The van der Waals surface area contributed by atoms with Crippen molar-refractivity contribution >= 4 is 11.7 Å². The first-order chi connectivity index (χ1) is 8.94. The van der Waals surface area contributed by atoms with Gasteiger partial charge in [0.15, 0.2) is 0 Å². The number of hydrogen-bond donors (Lipinski definition) is 1. The lowest BCUT2D eigenvalue weighted by Gasteiger charge is -2.33. The Morgan fingerprint density at radius 3 is 2.68 bits per heavy atom. The molecule has 1 aliphatic carbocycles. The molecule has 0 unspecified atom stereocenters. The Hall–Kier alpha value is -1.58. The third-order valence-corrected chi connectivity index (χ3v) is 3.76. The zero-order valence-corrected chi connectivity index (χ0v) is 11.7. The second-order valence-corrected chi connectivity index (χ2v) is 6.11. The van der Waals surface area contributed by atoms with Gasteiger partial charge in [-0.05, 0) is 43.2 Å². The van der Waals surface area contributed by atoms with E-state index in [-0.39, 0.29) is 18.5 Å². The van der Waals surface area contributed by atoms with Gasteiger partial charge in [-0.3, -0.25) is 9.78 Å². The molecule has 0 aromatic carbocycles. The maximum absolute atomic E-state index is 11.8. The molecule has 0 radical (unpaired) electrons. The predicted octanol–water partition coefficient (Wildman–Crippen LogP) is 2.72. The van der Waals surface area contributed by atoms with Crippen molar-refractivity contribution in [1.29, 1.82) is 0 Å². The molecule has 104 valence electrons. The molecule has 1 heterocycles. The summed E-state index contributed by atoms with van der Waals surface area (Å²) < 4.78 is 5.51. The van der Waals surface area contributed by atoms with Gasteiger partial charge in [-0.25, -0.2) is 0 Å². The number of nitrogens with two attached hydrogens (primary N) is 1. The molecule has 4 nitrogen and oxygen atoms in total. The van der Waals surface area contributed by atoms with Gasteiger partial charge in [-0.2, -0.15) is 0 Å². The van der Waals surface area contributed by atoms with Gasteiger partial charge in [-0.15, -0.1) is 0 Å². The molecule has 19 heavy (non-hydrogen) atoms. The van der Waals surface area contributed by atoms with E-state index in [1.807, 2.05) is 0 Å². The van der Waals surface area contributed by atoms with E-state index >= 15 is 0 Å². The largest absolute Gasteiger partial charge is 0.462 e. The quantitative estimate of drug-likeness (QED) is 0.851. The van der Waals surface area contributed by atoms with Crippen LogP contribution in [0.15, 0.2) is 18.3 Å². The van der Waals surface area contributed by atoms with Gasteiger partial charge >= 0.3 is 5.97 Å². The van der Waals surface area contributed by atoms with Crippen LogP contribution in [-0.2, 0) is 16.0 Å². The van der Waals surface area contributed by atoms with E-state index in [4.69, 9.17) is 10.5 Å². The van der Waals surface area contributed by atoms with Crippen LogP contribution in [0.5, 0.6) is 0 Å². The lowest BCUT2D eigenvalue weighted by Crippen LogP contribution is -2.28. The summed E-state index contributed by atoms with van der Waals surface area (Å²) in [5, 5.41) is 0. The van der Waals surface area contributed by atoms with Crippen LogP contribution in [-0.4, -0.2) is 17.1 Å². The lowest BCUT2D eigenvalue weighted by molar-refractivity contribution is -0.150. The fraction of sp³-hybridized carbons (Fsp3) is 0.600. The summed E-state index contributed by atoms with van der Waals surface area (Å²) in [5.74, 6) is -0.193. The third kappa shape index (κ3) is 4.23. The van der Waals surface area contributed by atoms with Crippen LogP contribution in [0, 0.1) is 5.41 Å². The molecule has 0 atom stereocenters. The van der Waals surface area contributed by atoms with E-state index in [2.05, 4.69) is 18.8 Å². The number of carbonyl (C=O) groups excluding carboxylic acids is 1. The van der Waals surface area contributed by atoms with E-state index < -0.39 is 0 Å².